The van der Waals surface area contributed by atoms with Crippen LogP contribution >= 0.6 is 27.3 Å². The van der Waals surface area contributed by atoms with Crippen molar-refractivity contribution in [1.29, 1.82) is 5.26 Å². The molecular weight excluding hydrogens is 300 g/mol. The van der Waals surface area contributed by atoms with Crippen LogP contribution in [0.3, 0.4) is 0 Å². The molecule has 0 saturated heterocycles. The Kier molecular flexibility index (Phi) is 3.61. The second kappa shape index (κ2) is 5.17. The van der Waals surface area contributed by atoms with Gasteiger partial charge in [-0.3, -0.25) is 0 Å². The predicted octanol–water partition coefficient (Wildman–Crippen LogP) is 2.97. The number of nitrogens with two attached hydrogens (primary N) is 1. The molecule has 0 spiro atoms. The van der Waals surface area contributed by atoms with Crippen molar-refractivity contribution in [3.63, 3.8) is 0 Å². The minimum absolute atomic E-state index is 0.459. The minimum Gasteiger partial charge on any atom is -0.397 e. The Balaban J connectivity index is 2.12. The zero-order valence-electron chi connectivity index (χ0n) is 8.77. The van der Waals surface area contributed by atoms with Gasteiger partial charge < -0.3 is 11.1 Å². The maximum Gasteiger partial charge on any atom is 0.144 e. The molecule has 0 aliphatic carbocycles. The summed E-state index contributed by atoms with van der Waals surface area (Å²) in [6, 6.07) is 7.69. The highest BCUT2D eigenvalue weighted by molar-refractivity contribution is 9.11. The average molecular weight is 309 g/mol. The van der Waals surface area contributed by atoms with Crippen molar-refractivity contribution in [2.45, 2.75) is 6.54 Å². The lowest BCUT2D eigenvalue weighted by molar-refractivity contribution is 1.13. The predicted molar refractivity (Wildman–Crippen MR) is 72.7 cm³/mol. The summed E-state index contributed by atoms with van der Waals surface area (Å²) in [6.45, 7) is 0.641. The first-order valence-corrected chi connectivity index (χ1v) is 6.43. The molecule has 0 atom stereocenters. The Morgan fingerprint density at radius 1 is 1.53 bits per heavy atom. The van der Waals surface area contributed by atoms with Gasteiger partial charge in [0.2, 0.25) is 0 Å². The van der Waals surface area contributed by atoms with Crippen molar-refractivity contribution in [1.82, 2.24) is 4.98 Å². The molecule has 0 aliphatic heterocycles. The summed E-state index contributed by atoms with van der Waals surface area (Å²) in [5, 5.41) is 12.1. The van der Waals surface area contributed by atoms with Crippen LogP contribution in [0.2, 0.25) is 0 Å². The fourth-order valence-electron chi connectivity index (χ4n) is 1.32. The van der Waals surface area contributed by atoms with Gasteiger partial charge in [0, 0.05) is 4.88 Å². The van der Waals surface area contributed by atoms with Crippen LogP contribution in [0.5, 0.6) is 0 Å². The number of pyridine rings is 1. The summed E-state index contributed by atoms with van der Waals surface area (Å²) in [5.41, 5.74) is 6.52. The third kappa shape index (κ3) is 2.96. The number of hydrogen-bond donors (Lipinski definition) is 2. The Bertz CT molecular complexity index is 573. The van der Waals surface area contributed by atoms with E-state index >= 15 is 0 Å². The summed E-state index contributed by atoms with van der Waals surface area (Å²) in [7, 11) is 0. The number of thiophene rings is 1. The normalized spacial score (nSPS) is 9.88. The molecule has 0 unspecified atom stereocenters. The highest BCUT2D eigenvalue weighted by Crippen LogP contribution is 2.23. The molecule has 0 aromatic carbocycles. The third-order valence-corrected chi connectivity index (χ3v) is 3.71. The van der Waals surface area contributed by atoms with E-state index in [1.807, 2.05) is 12.1 Å². The van der Waals surface area contributed by atoms with Crippen LogP contribution in [-0.4, -0.2) is 4.98 Å². The van der Waals surface area contributed by atoms with Gasteiger partial charge >= 0.3 is 0 Å². The number of nitriles is 1. The molecule has 4 nitrogen and oxygen atoms in total. The molecule has 6 heteroatoms. The molecule has 2 aromatic heterocycles. The van der Waals surface area contributed by atoms with Crippen molar-refractivity contribution < 1.29 is 0 Å². The van der Waals surface area contributed by atoms with E-state index in [0.717, 1.165) is 3.79 Å². The molecular formula is C11H9BrN4S. The Labute approximate surface area is 111 Å². The molecule has 3 N–H and O–H groups in total. The van der Waals surface area contributed by atoms with Crippen LogP contribution < -0.4 is 11.1 Å². The first kappa shape index (κ1) is 11.9. The number of aromatic nitrogens is 1. The number of anilines is 2. The van der Waals surface area contributed by atoms with Gasteiger partial charge in [0.1, 0.15) is 11.9 Å². The van der Waals surface area contributed by atoms with Gasteiger partial charge in [-0.2, -0.15) is 5.26 Å². The van der Waals surface area contributed by atoms with E-state index in [-0.39, 0.29) is 0 Å². The van der Waals surface area contributed by atoms with Crippen LogP contribution in [-0.2, 0) is 6.54 Å². The first-order chi connectivity index (χ1) is 8.19. The number of rotatable bonds is 3. The number of nitrogens with one attached hydrogen (secondary N) is 1. The average Bonchev–Trinajstić information content (AvgIpc) is 2.73. The van der Waals surface area contributed by atoms with Crippen molar-refractivity contribution in [2.24, 2.45) is 0 Å². The number of nitrogen functional groups attached to an aromatic ring is 1. The Hall–Kier alpha value is -1.58. The summed E-state index contributed by atoms with van der Waals surface area (Å²) < 4.78 is 1.08. The van der Waals surface area contributed by atoms with Crippen LogP contribution in [0, 0.1) is 11.3 Å². The van der Waals surface area contributed by atoms with Gasteiger partial charge in [-0.05, 0) is 34.1 Å². The number of nitrogens with zero attached hydrogens (tertiary/aromatic N) is 2. The Morgan fingerprint density at radius 3 is 3.00 bits per heavy atom. The molecule has 2 heterocycles. The van der Waals surface area contributed by atoms with Crippen molar-refractivity contribution in [3.05, 3.63) is 38.6 Å². The highest BCUT2D eigenvalue weighted by atomic mass is 79.9. The van der Waals surface area contributed by atoms with Crippen LogP contribution in [0.1, 0.15) is 10.4 Å². The molecule has 2 rings (SSSR count). The molecule has 0 fully saturated rings. The third-order valence-electron chi connectivity index (χ3n) is 2.09. The standard InChI is InChI=1S/C11H9BrN4S/c12-10-2-1-9(17-10)6-16-11-7(4-13)3-8(14)5-15-11/h1-3,5H,6,14H2,(H,15,16). The maximum absolute atomic E-state index is 8.95. The minimum atomic E-state index is 0.459. The molecule has 0 radical (unpaired) electrons. The Morgan fingerprint density at radius 2 is 2.35 bits per heavy atom. The summed E-state index contributed by atoms with van der Waals surface area (Å²) in [6.07, 6.45) is 1.54. The number of halogens is 1. The fraction of sp³-hybridized carbons (Fsp3) is 0.0909. The highest BCUT2D eigenvalue weighted by Gasteiger charge is 2.04. The van der Waals surface area contributed by atoms with E-state index in [9.17, 15) is 0 Å². The molecule has 2 aromatic rings. The monoisotopic (exact) mass is 308 g/mol. The van der Waals surface area contributed by atoms with Crippen LogP contribution in [0.25, 0.3) is 0 Å². The van der Waals surface area contributed by atoms with Gasteiger partial charge in [-0.25, -0.2) is 4.98 Å². The SMILES string of the molecule is N#Cc1cc(N)cnc1NCc1ccc(Br)s1. The lowest BCUT2D eigenvalue weighted by Crippen LogP contribution is -2.03. The van der Waals surface area contributed by atoms with Gasteiger partial charge in [0.25, 0.3) is 0 Å². The topological polar surface area (TPSA) is 74.7 Å². The van der Waals surface area contributed by atoms with E-state index in [4.69, 9.17) is 11.0 Å². The largest absolute Gasteiger partial charge is 0.397 e. The van der Waals surface area contributed by atoms with Crippen LogP contribution in [0.15, 0.2) is 28.2 Å². The molecule has 0 aliphatic rings. The number of hydrogen-bond acceptors (Lipinski definition) is 5. The quantitative estimate of drug-likeness (QED) is 0.914. The van der Waals surface area contributed by atoms with E-state index in [1.54, 1.807) is 17.4 Å². The van der Waals surface area contributed by atoms with Gasteiger partial charge in [0.15, 0.2) is 0 Å². The molecule has 0 saturated carbocycles. The zero-order valence-corrected chi connectivity index (χ0v) is 11.2. The van der Waals surface area contributed by atoms with Crippen molar-refractivity contribution in [2.75, 3.05) is 11.1 Å². The fourth-order valence-corrected chi connectivity index (χ4v) is 2.75. The van der Waals surface area contributed by atoms with Gasteiger partial charge in [-0.15, -0.1) is 11.3 Å². The lowest BCUT2D eigenvalue weighted by Gasteiger charge is -2.06. The molecule has 86 valence electrons. The molecule has 0 bridgehead atoms. The molecule has 17 heavy (non-hydrogen) atoms. The van der Waals surface area contributed by atoms with E-state index < -0.39 is 0 Å². The molecule has 0 amide bonds. The summed E-state index contributed by atoms with van der Waals surface area (Å²) in [5.74, 6) is 0.561. The zero-order chi connectivity index (χ0) is 12.3. The van der Waals surface area contributed by atoms with E-state index in [1.165, 1.54) is 11.1 Å². The second-order valence-electron chi connectivity index (χ2n) is 3.34. The van der Waals surface area contributed by atoms with Gasteiger partial charge in [0.05, 0.1) is 27.8 Å². The smallest absolute Gasteiger partial charge is 0.144 e. The maximum atomic E-state index is 8.95. The van der Waals surface area contributed by atoms with E-state index in [2.05, 4.69) is 32.3 Å². The van der Waals surface area contributed by atoms with Crippen molar-refractivity contribution >= 4 is 38.8 Å². The summed E-state index contributed by atoms with van der Waals surface area (Å²) >= 11 is 5.04. The second-order valence-corrected chi connectivity index (χ2v) is 5.88. The van der Waals surface area contributed by atoms with Gasteiger partial charge in [-0.1, -0.05) is 0 Å². The lowest BCUT2D eigenvalue weighted by atomic mass is 10.2. The van der Waals surface area contributed by atoms with Crippen molar-refractivity contribution in [3.8, 4) is 6.07 Å². The summed E-state index contributed by atoms with van der Waals surface area (Å²) in [4.78, 5) is 5.27. The first-order valence-electron chi connectivity index (χ1n) is 4.83. The van der Waals surface area contributed by atoms with Crippen LogP contribution in [0.4, 0.5) is 11.5 Å². The van der Waals surface area contributed by atoms with E-state index in [0.29, 0.717) is 23.6 Å².